The van der Waals surface area contributed by atoms with Gasteiger partial charge in [0.25, 0.3) is 0 Å². The minimum atomic E-state index is -0.0727. The second-order valence-corrected chi connectivity index (χ2v) is 5.05. The largest absolute Gasteiger partial charge is 0.355 e. The molecule has 0 aliphatic heterocycles. The fourth-order valence-electron chi connectivity index (χ4n) is 1.98. The number of nitrogens with zero attached hydrogens (tertiary/aromatic N) is 2. The smallest absolute Gasteiger partial charge is 0.224 e. The number of aryl methyl sites for hydroxylation is 1. The summed E-state index contributed by atoms with van der Waals surface area (Å²) in [6.45, 7) is 5.25. The Morgan fingerprint density at radius 2 is 2.28 bits per heavy atom. The highest BCUT2D eigenvalue weighted by molar-refractivity contribution is 5.78. The molecule has 5 heteroatoms. The molecule has 1 amide bonds. The lowest BCUT2D eigenvalue weighted by molar-refractivity contribution is -0.125. The van der Waals surface area contributed by atoms with Crippen molar-refractivity contribution < 1.29 is 4.79 Å². The first kappa shape index (κ1) is 14.7. The summed E-state index contributed by atoms with van der Waals surface area (Å²) in [5.74, 6) is 0.478. The monoisotopic (exact) mass is 252 g/mol. The fourth-order valence-corrected chi connectivity index (χ4v) is 1.98. The molecule has 0 saturated carbocycles. The Bertz CT molecular complexity index is 373. The molecule has 0 aromatic carbocycles. The summed E-state index contributed by atoms with van der Waals surface area (Å²) in [7, 11) is 1.90. The van der Waals surface area contributed by atoms with Crippen LogP contribution in [0.2, 0.25) is 0 Å². The SMILES string of the molecule is CC(C)CC(CN)C(=O)NCCc1ccnn1C. The van der Waals surface area contributed by atoms with Crippen molar-refractivity contribution in [1.29, 1.82) is 0 Å². The zero-order valence-corrected chi connectivity index (χ0v) is 11.5. The highest BCUT2D eigenvalue weighted by Gasteiger charge is 2.17. The summed E-state index contributed by atoms with van der Waals surface area (Å²) in [5, 5.41) is 7.03. The molecular weight excluding hydrogens is 228 g/mol. The first-order valence-corrected chi connectivity index (χ1v) is 6.49. The van der Waals surface area contributed by atoms with Crippen LogP contribution >= 0.6 is 0 Å². The standard InChI is InChI=1S/C13H24N4O/c1-10(2)8-11(9-14)13(18)15-6-4-12-5-7-16-17(12)3/h5,7,10-11H,4,6,8-9,14H2,1-3H3,(H,15,18). The summed E-state index contributed by atoms with van der Waals surface area (Å²) in [5.41, 5.74) is 6.75. The lowest BCUT2D eigenvalue weighted by Gasteiger charge is -2.16. The van der Waals surface area contributed by atoms with Gasteiger partial charge in [0.2, 0.25) is 5.91 Å². The van der Waals surface area contributed by atoms with Gasteiger partial charge >= 0.3 is 0 Å². The average molecular weight is 252 g/mol. The quantitative estimate of drug-likeness (QED) is 0.750. The number of carbonyl (C=O) groups is 1. The maximum atomic E-state index is 11.9. The molecule has 1 unspecified atom stereocenters. The summed E-state index contributed by atoms with van der Waals surface area (Å²) in [6, 6.07) is 1.96. The molecule has 5 nitrogen and oxygen atoms in total. The Morgan fingerprint density at radius 1 is 1.56 bits per heavy atom. The lowest BCUT2D eigenvalue weighted by atomic mass is 9.96. The number of nitrogens with one attached hydrogen (secondary N) is 1. The Hall–Kier alpha value is -1.36. The molecule has 1 rings (SSSR count). The molecule has 3 N–H and O–H groups in total. The van der Waals surface area contributed by atoms with E-state index in [9.17, 15) is 4.79 Å². The van der Waals surface area contributed by atoms with E-state index in [-0.39, 0.29) is 11.8 Å². The molecule has 1 heterocycles. The third kappa shape index (κ3) is 4.49. The Morgan fingerprint density at radius 3 is 2.78 bits per heavy atom. The van der Waals surface area contributed by atoms with Crippen LogP contribution in [-0.2, 0) is 18.3 Å². The van der Waals surface area contributed by atoms with E-state index in [1.807, 2.05) is 17.8 Å². The summed E-state index contributed by atoms with van der Waals surface area (Å²) in [6.07, 6.45) is 3.40. The predicted octanol–water partition coefficient (Wildman–Crippen LogP) is 0.700. The maximum Gasteiger partial charge on any atom is 0.224 e. The van der Waals surface area contributed by atoms with Crippen molar-refractivity contribution in [3.05, 3.63) is 18.0 Å². The van der Waals surface area contributed by atoms with Crippen LogP contribution in [0.4, 0.5) is 0 Å². The topological polar surface area (TPSA) is 72.9 Å². The summed E-state index contributed by atoms with van der Waals surface area (Å²) < 4.78 is 1.82. The van der Waals surface area contributed by atoms with Crippen molar-refractivity contribution in [3.63, 3.8) is 0 Å². The number of aromatic nitrogens is 2. The fraction of sp³-hybridized carbons (Fsp3) is 0.692. The van der Waals surface area contributed by atoms with Crippen molar-refractivity contribution in [2.24, 2.45) is 24.6 Å². The number of amides is 1. The van der Waals surface area contributed by atoms with Crippen LogP contribution in [0.25, 0.3) is 0 Å². The summed E-state index contributed by atoms with van der Waals surface area (Å²) in [4.78, 5) is 11.9. The van der Waals surface area contributed by atoms with Gasteiger partial charge in [-0.05, 0) is 18.4 Å². The molecule has 1 aromatic heterocycles. The predicted molar refractivity (Wildman–Crippen MR) is 71.9 cm³/mol. The van der Waals surface area contributed by atoms with E-state index in [2.05, 4.69) is 24.3 Å². The van der Waals surface area contributed by atoms with Crippen molar-refractivity contribution in [2.45, 2.75) is 26.7 Å². The van der Waals surface area contributed by atoms with E-state index in [1.165, 1.54) is 0 Å². The highest BCUT2D eigenvalue weighted by atomic mass is 16.1. The van der Waals surface area contributed by atoms with Crippen LogP contribution in [0, 0.1) is 11.8 Å². The molecule has 102 valence electrons. The van der Waals surface area contributed by atoms with Crippen LogP contribution in [-0.4, -0.2) is 28.8 Å². The molecule has 0 saturated heterocycles. The van der Waals surface area contributed by atoms with Gasteiger partial charge in [0.15, 0.2) is 0 Å². The van der Waals surface area contributed by atoms with Gasteiger partial charge in [-0.25, -0.2) is 0 Å². The zero-order valence-electron chi connectivity index (χ0n) is 11.5. The minimum Gasteiger partial charge on any atom is -0.355 e. The van der Waals surface area contributed by atoms with Gasteiger partial charge in [-0.2, -0.15) is 5.10 Å². The first-order chi connectivity index (χ1) is 8.54. The number of rotatable bonds is 7. The second kappa shape index (κ2) is 7.16. The van der Waals surface area contributed by atoms with E-state index in [1.54, 1.807) is 6.20 Å². The molecule has 0 radical (unpaired) electrons. The first-order valence-electron chi connectivity index (χ1n) is 6.49. The van der Waals surface area contributed by atoms with E-state index in [0.29, 0.717) is 19.0 Å². The highest BCUT2D eigenvalue weighted by Crippen LogP contribution is 2.10. The zero-order chi connectivity index (χ0) is 13.5. The third-order valence-electron chi connectivity index (χ3n) is 3.01. The van der Waals surface area contributed by atoms with Crippen LogP contribution in [0.5, 0.6) is 0 Å². The molecule has 0 fully saturated rings. The molecular formula is C13H24N4O. The van der Waals surface area contributed by atoms with Gasteiger partial charge in [0, 0.05) is 38.4 Å². The van der Waals surface area contributed by atoms with Gasteiger partial charge in [-0.3, -0.25) is 9.48 Å². The van der Waals surface area contributed by atoms with E-state index < -0.39 is 0 Å². The van der Waals surface area contributed by atoms with Gasteiger partial charge in [-0.15, -0.1) is 0 Å². The van der Waals surface area contributed by atoms with E-state index >= 15 is 0 Å². The van der Waals surface area contributed by atoms with Gasteiger partial charge in [0.05, 0.1) is 5.92 Å². The maximum absolute atomic E-state index is 11.9. The van der Waals surface area contributed by atoms with Gasteiger partial charge < -0.3 is 11.1 Å². The lowest BCUT2D eigenvalue weighted by Crippen LogP contribution is -2.36. The Labute approximate surface area is 109 Å². The molecule has 18 heavy (non-hydrogen) atoms. The summed E-state index contributed by atoms with van der Waals surface area (Å²) >= 11 is 0. The van der Waals surface area contributed by atoms with Crippen molar-refractivity contribution >= 4 is 5.91 Å². The van der Waals surface area contributed by atoms with Crippen molar-refractivity contribution in [1.82, 2.24) is 15.1 Å². The number of hydrogen-bond donors (Lipinski definition) is 2. The van der Waals surface area contributed by atoms with Gasteiger partial charge in [-0.1, -0.05) is 13.8 Å². The molecule has 0 spiro atoms. The minimum absolute atomic E-state index is 0.0633. The normalized spacial score (nSPS) is 12.7. The van der Waals surface area contributed by atoms with Gasteiger partial charge in [0.1, 0.15) is 0 Å². The Kier molecular flexibility index (Phi) is 5.85. The average Bonchev–Trinajstić information content (AvgIpc) is 2.71. The molecule has 0 bridgehead atoms. The molecule has 0 aliphatic carbocycles. The van der Waals surface area contributed by atoms with E-state index in [4.69, 9.17) is 5.73 Å². The van der Waals surface area contributed by atoms with Crippen LogP contribution in [0.15, 0.2) is 12.3 Å². The van der Waals surface area contributed by atoms with E-state index in [0.717, 1.165) is 18.5 Å². The third-order valence-corrected chi connectivity index (χ3v) is 3.01. The Balaban J connectivity index is 2.34. The number of carbonyl (C=O) groups excluding carboxylic acids is 1. The molecule has 1 aromatic rings. The van der Waals surface area contributed by atoms with Crippen LogP contribution < -0.4 is 11.1 Å². The molecule has 0 aliphatic rings. The molecule has 1 atom stereocenters. The van der Waals surface area contributed by atoms with Crippen molar-refractivity contribution in [2.75, 3.05) is 13.1 Å². The van der Waals surface area contributed by atoms with Crippen LogP contribution in [0.1, 0.15) is 26.0 Å². The van der Waals surface area contributed by atoms with Crippen LogP contribution in [0.3, 0.4) is 0 Å². The number of nitrogens with two attached hydrogens (primary N) is 1. The number of hydrogen-bond acceptors (Lipinski definition) is 3. The second-order valence-electron chi connectivity index (χ2n) is 5.05. The van der Waals surface area contributed by atoms with Crippen molar-refractivity contribution in [3.8, 4) is 0 Å².